The van der Waals surface area contributed by atoms with Gasteiger partial charge in [0.1, 0.15) is 23.9 Å². The van der Waals surface area contributed by atoms with Crippen molar-refractivity contribution in [1.82, 2.24) is 9.55 Å². The van der Waals surface area contributed by atoms with Gasteiger partial charge < -0.3 is 18.9 Å². The molecular weight excluding hydrogens is 520 g/mol. The first-order valence-electron chi connectivity index (χ1n) is 11.2. The minimum atomic E-state index is -2.91. The molecule has 0 N–H and O–H groups in total. The van der Waals surface area contributed by atoms with E-state index in [-0.39, 0.29) is 24.8 Å². The fraction of sp³-hybridized carbons (Fsp3) is 0.231. The van der Waals surface area contributed by atoms with Crippen molar-refractivity contribution in [3.63, 3.8) is 0 Å². The molecule has 180 valence electrons. The summed E-state index contributed by atoms with van der Waals surface area (Å²) in [5.41, 5.74) is 3.00. The Bertz CT molecular complexity index is 1380. The number of anilines is 1. The molecule has 1 saturated heterocycles. The number of para-hydroxylation sites is 1. The highest BCUT2D eigenvalue weighted by atomic mass is 79.9. The molecule has 1 aliphatic rings. The molecule has 0 unspecified atom stereocenters. The van der Waals surface area contributed by atoms with E-state index in [4.69, 9.17) is 14.5 Å². The van der Waals surface area contributed by atoms with Gasteiger partial charge in [-0.3, -0.25) is 4.79 Å². The summed E-state index contributed by atoms with van der Waals surface area (Å²) in [7, 11) is 0. The molecule has 1 aromatic heterocycles. The normalized spacial score (nSPS) is 13.7. The number of hydrogen-bond donors (Lipinski definition) is 0. The summed E-state index contributed by atoms with van der Waals surface area (Å²) >= 11 is 3.50. The van der Waals surface area contributed by atoms with Gasteiger partial charge in [0.05, 0.1) is 17.6 Å². The van der Waals surface area contributed by atoms with E-state index in [1.807, 2.05) is 47.0 Å². The third-order valence-electron chi connectivity index (χ3n) is 5.88. The molecule has 5 rings (SSSR count). The van der Waals surface area contributed by atoms with Crippen molar-refractivity contribution in [2.24, 2.45) is 0 Å². The van der Waals surface area contributed by atoms with Gasteiger partial charge in [0, 0.05) is 34.8 Å². The topological polar surface area (TPSA) is 56.6 Å². The van der Waals surface area contributed by atoms with E-state index < -0.39 is 6.61 Å². The van der Waals surface area contributed by atoms with E-state index >= 15 is 0 Å². The second kappa shape index (κ2) is 10.0. The number of fused-ring (bicyclic) bond motifs is 1. The van der Waals surface area contributed by atoms with Crippen LogP contribution in [-0.2, 0) is 17.9 Å². The molecule has 4 aromatic rings. The Balaban J connectivity index is 1.44. The molecule has 3 aromatic carbocycles. The fourth-order valence-electron chi connectivity index (χ4n) is 4.26. The zero-order valence-corrected chi connectivity index (χ0v) is 20.3. The van der Waals surface area contributed by atoms with Crippen LogP contribution < -0.4 is 14.4 Å². The zero-order chi connectivity index (χ0) is 24.4. The Morgan fingerprint density at radius 2 is 1.91 bits per heavy atom. The lowest BCUT2D eigenvalue weighted by Crippen LogP contribution is -2.23. The molecule has 0 saturated carbocycles. The summed E-state index contributed by atoms with van der Waals surface area (Å²) in [5, 5.41) is 0. The molecule has 2 heterocycles. The number of ether oxygens (including phenoxy) is 2. The van der Waals surface area contributed by atoms with Crippen LogP contribution in [0.5, 0.6) is 11.5 Å². The van der Waals surface area contributed by atoms with Gasteiger partial charge in [-0.05, 0) is 42.8 Å². The number of carbonyl (C=O) groups excluding carboxylic acids is 1. The second-order valence-electron chi connectivity index (χ2n) is 8.17. The molecule has 9 heteroatoms. The van der Waals surface area contributed by atoms with Crippen molar-refractivity contribution in [2.45, 2.75) is 32.6 Å². The van der Waals surface area contributed by atoms with Gasteiger partial charge in [-0.1, -0.05) is 40.2 Å². The molecular formula is C26H22BrF2N3O3. The molecule has 0 atom stereocenters. The van der Waals surface area contributed by atoms with Crippen molar-refractivity contribution in [2.75, 3.05) is 11.4 Å². The maximum atomic E-state index is 12.9. The van der Waals surface area contributed by atoms with Crippen LogP contribution >= 0.6 is 15.9 Å². The lowest BCUT2D eigenvalue weighted by atomic mass is 10.2. The van der Waals surface area contributed by atoms with Gasteiger partial charge in [-0.2, -0.15) is 8.78 Å². The molecule has 35 heavy (non-hydrogen) atoms. The van der Waals surface area contributed by atoms with Crippen molar-refractivity contribution < 1.29 is 23.0 Å². The van der Waals surface area contributed by atoms with Crippen molar-refractivity contribution >= 4 is 38.6 Å². The molecule has 1 aliphatic heterocycles. The molecule has 0 radical (unpaired) electrons. The number of benzene rings is 3. The van der Waals surface area contributed by atoms with Gasteiger partial charge in [-0.15, -0.1) is 0 Å². The molecule has 1 amide bonds. The third-order valence-corrected chi connectivity index (χ3v) is 6.37. The summed E-state index contributed by atoms with van der Waals surface area (Å²) in [5.74, 6) is 1.48. The van der Waals surface area contributed by atoms with Gasteiger partial charge in [-0.25, -0.2) is 4.98 Å². The first kappa shape index (κ1) is 23.3. The maximum Gasteiger partial charge on any atom is 0.387 e. The quantitative estimate of drug-likeness (QED) is 0.268. The minimum absolute atomic E-state index is 0.110. The lowest BCUT2D eigenvalue weighted by molar-refractivity contribution is -0.117. The average molecular weight is 542 g/mol. The summed E-state index contributed by atoms with van der Waals surface area (Å²) < 4.78 is 39.5. The fourth-order valence-corrected chi connectivity index (χ4v) is 4.61. The van der Waals surface area contributed by atoms with E-state index in [2.05, 4.69) is 15.9 Å². The van der Waals surface area contributed by atoms with Gasteiger partial charge >= 0.3 is 6.61 Å². The number of amides is 1. The van der Waals surface area contributed by atoms with E-state index in [9.17, 15) is 13.6 Å². The average Bonchev–Trinajstić information content (AvgIpc) is 3.42. The molecule has 0 aliphatic carbocycles. The number of halogens is 3. The van der Waals surface area contributed by atoms with Crippen LogP contribution in [0.4, 0.5) is 14.5 Å². The van der Waals surface area contributed by atoms with Crippen LogP contribution in [0.2, 0.25) is 0 Å². The summed E-state index contributed by atoms with van der Waals surface area (Å²) in [6, 6.07) is 19.9. The summed E-state index contributed by atoms with van der Waals surface area (Å²) in [6.45, 7) is -1.78. The number of imidazole rings is 1. The minimum Gasteiger partial charge on any atom is -0.486 e. The van der Waals surface area contributed by atoms with Crippen LogP contribution in [0.3, 0.4) is 0 Å². The van der Waals surface area contributed by atoms with E-state index in [0.717, 1.165) is 27.6 Å². The highest BCUT2D eigenvalue weighted by Gasteiger charge is 2.22. The Hall–Kier alpha value is -3.46. The number of alkyl halides is 2. The van der Waals surface area contributed by atoms with Crippen molar-refractivity contribution in [3.8, 4) is 11.5 Å². The predicted molar refractivity (Wildman–Crippen MR) is 132 cm³/mol. The monoisotopic (exact) mass is 541 g/mol. The molecule has 0 bridgehead atoms. The first-order valence-corrected chi connectivity index (χ1v) is 12.0. The van der Waals surface area contributed by atoms with Crippen LogP contribution in [0.1, 0.15) is 24.2 Å². The van der Waals surface area contributed by atoms with Gasteiger partial charge in [0.15, 0.2) is 0 Å². The number of aromatic nitrogens is 2. The van der Waals surface area contributed by atoms with E-state index in [1.165, 1.54) is 6.07 Å². The molecule has 1 fully saturated rings. The Morgan fingerprint density at radius 3 is 2.71 bits per heavy atom. The standard InChI is InChI=1S/C26H22BrF2N3O3/c27-18-10-11-21-22(13-18)32(15-17-5-1-2-8-23(17)35-26(28)29)24(30-21)16-34-20-7-3-6-19(14-20)31-12-4-9-25(31)33/h1-3,5-8,10-11,13-14,26H,4,9,12,15-16H2. The second-order valence-corrected chi connectivity index (χ2v) is 9.08. The van der Waals surface area contributed by atoms with Crippen molar-refractivity contribution in [3.05, 3.63) is 82.6 Å². The molecule has 6 nitrogen and oxygen atoms in total. The smallest absolute Gasteiger partial charge is 0.387 e. The third kappa shape index (κ3) is 5.14. The first-order chi connectivity index (χ1) is 17.0. The molecule has 0 spiro atoms. The van der Waals surface area contributed by atoms with Crippen LogP contribution in [-0.4, -0.2) is 28.6 Å². The zero-order valence-electron chi connectivity index (χ0n) is 18.7. The Morgan fingerprint density at radius 1 is 1.06 bits per heavy atom. The van der Waals surface area contributed by atoms with Crippen LogP contribution in [0.25, 0.3) is 11.0 Å². The summed E-state index contributed by atoms with van der Waals surface area (Å²) in [6.07, 6.45) is 1.40. The number of nitrogens with zero attached hydrogens (tertiary/aromatic N) is 3. The van der Waals surface area contributed by atoms with Crippen LogP contribution in [0.15, 0.2) is 71.2 Å². The van der Waals surface area contributed by atoms with Gasteiger partial charge in [0.2, 0.25) is 5.91 Å². The maximum absolute atomic E-state index is 12.9. The van der Waals surface area contributed by atoms with E-state index in [1.54, 1.807) is 23.1 Å². The summed E-state index contributed by atoms with van der Waals surface area (Å²) in [4.78, 5) is 18.6. The Kier molecular flexibility index (Phi) is 6.68. The number of hydrogen-bond acceptors (Lipinski definition) is 4. The predicted octanol–water partition coefficient (Wildman–Crippen LogP) is 6.15. The van der Waals surface area contributed by atoms with Gasteiger partial charge in [0.25, 0.3) is 0 Å². The highest BCUT2D eigenvalue weighted by molar-refractivity contribution is 9.10. The highest BCUT2D eigenvalue weighted by Crippen LogP contribution is 2.29. The van der Waals surface area contributed by atoms with Crippen LogP contribution in [0, 0.1) is 0 Å². The SMILES string of the molecule is O=C1CCCN1c1cccc(OCc2nc3ccc(Br)cc3n2Cc2ccccc2OC(F)F)c1. The largest absolute Gasteiger partial charge is 0.486 e. The Labute approximate surface area is 209 Å². The lowest BCUT2D eigenvalue weighted by Gasteiger charge is -2.17. The number of carbonyl (C=O) groups is 1. The number of rotatable bonds is 8. The van der Waals surface area contributed by atoms with Crippen molar-refractivity contribution in [1.29, 1.82) is 0 Å². The van der Waals surface area contributed by atoms with E-state index in [0.29, 0.717) is 30.1 Å².